The van der Waals surface area contributed by atoms with Crippen molar-refractivity contribution in [3.8, 4) is 0 Å². The summed E-state index contributed by atoms with van der Waals surface area (Å²) < 4.78 is 4.67. The second kappa shape index (κ2) is 4.99. The Hall–Kier alpha value is -1.55. The maximum atomic E-state index is 11.3. The Labute approximate surface area is 95.0 Å². The molecule has 0 saturated carbocycles. The fourth-order valence-corrected chi connectivity index (χ4v) is 1.63. The quantitative estimate of drug-likeness (QED) is 0.746. The van der Waals surface area contributed by atoms with Gasteiger partial charge < -0.3 is 15.4 Å². The first-order valence-electron chi connectivity index (χ1n) is 5.42. The number of hydrogen-bond acceptors (Lipinski definition) is 4. The largest absolute Gasteiger partial charge is 0.465 e. The molecule has 1 aromatic rings. The lowest BCUT2D eigenvalue weighted by Crippen LogP contribution is -2.45. The van der Waals surface area contributed by atoms with Gasteiger partial charge in [0, 0.05) is 31.2 Å². The monoisotopic (exact) mass is 220 g/mol. The van der Waals surface area contributed by atoms with Crippen molar-refractivity contribution in [2.75, 3.05) is 32.1 Å². The molecule has 0 amide bonds. The molecule has 1 heterocycles. The van der Waals surface area contributed by atoms with Crippen molar-refractivity contribution in [2.24, 2.45) is 5.92 Å². The van der Waals surface area contributed by atoms with Crippen LogP contribution in [-0.2, 0) is 4.74 Å². The summed E-state index contributed by atoms with van der Waals surface area (Å²) in [6.45, 7) is 3.09. The van der Waals surface area contributed by atoms with E-state index in [1.165, 1.54) is 7.11 Å². The summed E-state index contributed by atoms with van der Waals surface area (Å²) in [5.74, 6) is 0.399. The van der Waals surface area contributed by atoms with Crippen molar-refractivity contribution in [3.05, 3.63) is 29.8 Å². The van der Waals surface area contributed by atoms with Crippen LogP contribution in [0.4, 0.5) is 5.69 Å². The van der Waals surface area contributed by atoms with Crippen LogP contribution in [0.2, 0.25) is 0 Å². The van der Waals surface area contributed by atoms with E-state index in [2.05, 4.69) is 15.4 Å². The van der Waals surface area contributed by atoms with Gasteiger partial charge >= 0.3 is 5.97 Å². The zero-order valence-corrected chi connectivity index (χ0v) is 9.32. The second-order valence-electron chi connectivity index (χ2n) is 3.98. The van der Waals surface area contributed by atoms with Crippen molar-refractivity contribution < 1.29 is 9.53 Å². The van der Waals surface area contributed by atoms with Gasteiger partial charge in [0.25, 0.3) is 0 Å². The summed E-state index contributed by atoms with van der Waals surface area (Å²) >= 11 is 0. The van der Waals surface area contributed by atoms with Crippen molar-refractivity contribution in [1.82, 2.24) is 5.32 Å². The van der Waals surface area contributed by atoms with E-state index in [1.807, 2.05) is 18.2 Å². The van der Waals surface area contributed by atoms with E-state index >= 15 is 0 Å². The first-order valence-corrected chi connectivity index (χ1v) is 5.42. The molecular weight excluding hydrogens is 204 g/mol. The molecule has 1 aromatic carbocycles. The predicted molar refractivity (Wildman–Crippen MR) is 62.6 cm³/mol. The number of esters is 1. The third-order valence-electron chi connectivity index (χ3n) is 2.74. The van der Waals surface area contributed by atoms with Gasteiger partial charge in [-0.3, -0.25) is 0 Å². The Morgan fingerprint density at radius 1 is 1.56 bits per heavy atom. The number of carbonyl (C=O) groups excluding carboxylic acids is 1. The molecule has 1 fully saturated rings. The van der Waals surface area contributed by atoms with Gasteiger partial charge in [0.1, 0.15) is 0 Å². The van der Waals surface area contributed by atoms with Crippen LogP contribution in [0.25, 0.3) is 0 Å². The number of rotatable bonds is 4. The Kier molecular flexibility index (Phi) is 3.41. The average Bonchev–Trinajstić information content (AvgIpc) is 2.26. The summed E-state index contributed by atoms with van der Waals surface area (Å²) in [6.07, 6.45) is 0. The lowest BCUT2D eigenvalue weighted by molar-refractivity contribution is 0.0601. The molecule has 0 bridgehead atoms. The Bertz CT molecular complexity index is 375. The summed E-state index contributed by atoms with van der Waals surface area (Å²) in [5, 5.41) is 6.54. The van der Waals surface area contributed by atoms with Crippen molar-refractivity contribution >= 4 is 11.7 Å². The van der Waals surface area contributed by atoms with Gasteiger partial charge in [0.15, 0.2) is 0 Å². The molecule has 0 aromatic heterocycles. The van der Waals surface area contributed by atoms with Gasteiger partial charge in [0.05, 0.1) is 12.7 Å². The SMILES string of the molecule is COC(=O)c1cccc(NCC2CNC2)c1. The van der Waals surface area contributed by atoms with Gasteiger partial charge in [-0.25, -0.2) is 4.79 Å². The lowest BCUT2D eigenvalue weighted by Gasteiger charge is -2.27. The molecule has 1 aliphatic heterocycles. The number of methoxy groups -OCH3 is 1. The van der Waals surface area contributed by atoms with Gasteiger partial charge in [-0.2, -0.15) is 0 Å². The molecule has 0 atom stereocenters. The van der Waals surface area contributed by atoms with Crippen LogP contribution < -0.4 is 10.6 Å². The maximum absolute atomic E-state index is 11.3. The molecule has 1 aliphatic rings. The molecule has 0 spiro atoms. The van der Waals surface area contributed by atoms with E-state index in [-0.39, 0.29) is 5.97 Å². The topological polar surface area (TPSA) is 50.4 Å². The first-order chi connectivity index (χ1) is 7.79. The summed E-state index contributed by atoms with van der Waals surface area (Å²) in [6, 6.07) is 7.38. The lowest BCUT2D eigenvalue weighted by atomic mass is 10.0. The minimum Gasteiger partial charge on any atom is -0.465 e. The predicted octanol–water partition coefficient (Wildman–Crippen LogP) is 1.10. The van der Waals surface area contributed by atoms with E-state index in [0.717, 1.165) is 25.3 Å². The highest BCUT2D eigenvalue weighted by Crippen LogP contribution is 2.13. The summed E-state index contributed by atoms with van der Waals surface area (Å²) in [7, 11) is 1.39. The molecular formula is C12H16N2O2. The number of ether oxygens (including phenoxy) is 1. The van der Waals surface area contributed by atoms with Crippen molar-refractivity contribution in [3.63, 3.8) is 0 Å². The molecule has 2 N–H and O–H groups in total. The second-order valence-corrected chi connectivity index (χ2v) is 3.98. The van der Waals surface area contributed by atoms with Crippen LogP contribution in [0.15, 0.2) is 24.3 Å². The minimum atomic E-state index is -0.297. The van der Waals surface area contributed by atoms with Crippen LogP contribution in [0.1, 0.15) is 10.4 Å². The molecule has 0 aliphatic carbocycles. The number of benzene rings is 1. The fourth-order valence-electron chi connectivity index (χ4n) is 1.63. The standard InChI is InChI=1S/C12H16N2O2/c1-16-12(15)10-3-2-4-11(5-10)14-8-9-6-13-7-9/h2-5,9,13-14H,6-8H2,1H3. The average molecular weight is 220 g/mol. The van der Waals surface area contributed by atoms with Crippen LogP contribution in [0, 0.1) is 5.92 Å². The fraction of sp³-hybridized carbons (Fsp3) is 0.417. The molecule has 1 saturated heterocycles. The van der Waals surface area contributed by atoms with Gasteiger partial charge in [0.2, 0.25) is 0 Å². The summed E-state index contributed by atoms with van der Waals surface area (Å²) in [5.41, 5.74) is 1.55. The van der Waals surface area contributed by atoms with E-state index in [1.54, 1.807) is 6.07 Å². The van der Waals surface area contributed by atoms with Crippen LogP contribution in [-0.4, -0.2) is 32.7 Å². The van der Waals surface area contributed by atoms with Crippen LogP contribution in [0.3, 0.4) is 0 Å². The molecule has 2 rings (SSSR count). The van der Waals surface area contributed by atoms with Gasteiger partial charge in [-0.15, -0.1) is 0 Å². The minimum absolute atomic E-state index is 0.297. The number of nitrogens with one attached hydrogen (secondary N) is 2. The zero-order chi connectivity index (χ0) is 11.4. The van der Waals surface area contributed by atoms with Crippen molar-refractivity contribution in [2.45, 2.75) is 0 Å². The number of carbonyl (C=O) groups is 1. The van der Waals surface area contributed by atoms with E-state index in [9.17, 15) is 4.79 Å². The molecule has 0 radical (unpaired) electrons. The molecule has 4 nitrogen and oxygen atoms in total. The molecule has 16 heavy (non-hydrogen) atoms. The van der Waals surface area contributed by atoms with Crippen LogP contribution in [0.5, 0.6) is 0 Å². The highest BCUT2D eigenvalue weighted by atomic mass is 16.5. The number of hydrogen-bond donors (Lipinski definition) is 2. The highest BCUT2D eigenvalue weighted by molar-refractivity contribution is 5.90. The number of anilines is 1. The highest BCUT2D eigenvalue weighted by Gasteiger charge is 2.15. The third-order valence-corrected chi connectivity index (χ3v) is 2.74. The van der Waals surface area contributed by atoms with Gasteiger partial charge in [-0.1, -0.05) is 6.07 Å². The first kappa shape index (κ1) is 11.0. The normalized spacial score (nSPS) is 15.3. The third kappa shape index (κ3) is 2.52. The Morgan fingerprint density at radius 2 is 2.38 bits per heavy atom. The Morgan fingerprint density at radius 3 is 3.00 bits per heavy atom. The molecule has 0 unspecified atom stereocenters. The molecule has 4 heteroatoms. The summed E-state index contributed by atoms with van der Waals surface area (Å²) in [4.78, 5) is 11.3. The maximum Gasteiger partial charge on any atom is 0.337 e. The van der Waals surface area contributed by atoms with E-state index in [0.29, 0.717) is 11.5 Å². The molecule has 86 valence electrons. The Balaban J connectivity index is 1.95. The van der Waals surface area contributed by atoms with Crippen LogP contribution >= 0.6 is 0 Å². The van der Waals surface area contributed by atoms with Crippen molar-refractivity contribution in [1.29, 1.82) is 0 Å². The van der Waals surface area contributed by atoms with E-state index in [4.69, 9.17) is 0 Å². The smallest absolute Gasteiger partial charge is 0.337 e. The van der Waals surface area contributed by atoms with E-state index < -0.39 is 0 Å². The zero-order valence-electron chi connectivity index (χ0n) is 9.32. The van der Waals surface area contributed by atoms with Gasteiger partial charge in [-0.05, 0) is 18.2 Å².